The van der Waals surface area contributed by atoms with Crippen molar-refractivity contribution in [3.63, 3.8) is 0 Å². The molecule has 0 aromatic heterocycles. The molecule has 0 N–H and O–H groups in total. The molecule has 5 rings (SSSR count). The van der Waals surface area contributed by atoms with Gasteiger partial charge in [0, 0.05) is 23.3 Å². The molecule has 0 bridgehead atoms. The average molecular weight is 547 g/mol. The number of carbonyl (C=O) groups is 1. The maximum Gasteiger partial charge on any atom is 0.435 e. The van der Waals surface area contributed by atoms with E-state index in [0.717, 1.165) is 30.0 Å². The van der Waals surface area contributed by atoms with E-state index in [0.29, 0.717) is 11.1 Å². The van der Waals surface area contributed by atoms with E-state index in [-0.39, 0.29) is 30.4 Å². The summed E-state index contributed by atoms with van der Waals surface area (Å²) in [6, 6.07) is 7.57. The van der Waals surface area contributed by atoms with Crippen LogP contribution < -0.4 is 0 Å². The van der Waals surface area contributed by atoms with Gasteiger partial charge in [-0.2, -0.15) is 13.2 Å². The van der Waals surface area contributed by atoms with Gasteiger partial charge in [0.15, 0.2) is 9.84 Å². The van der Waals surface area contributed by atoms with E-state index >= 15 is 0 Å². The Morgan fingerprint density at radius 3 is 2.56 bits per heavy atom. The number of nitrogens with zero attached hydrogens (tertiary/aromatic N) is 2. The molecule has 3 heterocycles. The molecule has 192 valence electrons. The number of alkyl halides is 3. The number of hydrogen-bond acceptors (Lipinski definition) is 6. The molecular formula is C23H19ClF4N2O5S. The van der Waals surface area contributed by atoms with Crippen LogP contribution in [-0.4, -0.2) is 56.2 Å². The van der Waals surface area contributed by atoms with Crippen molar-refractivity contribution >= 4 is 33.1 Å². The third-order valence-electron chi connectivity index (χ3n) is 6.58. The lowest BCUT2D eigenvalue weighted by molar-refractivity contribution is -0.275. The zero-order valence-electron chi connectivity index (χ0n) is 18.7. The zero-order valence-corrected chi connectivity index (χ0v) is 20.3. The number of halogens is 5. The molecule has 2 aromatic rings. The highest BCUT2D eigenvalue weighted by Crippen LogP contribution is 2.50. The van der Waals surface area contributed by atoms with E-state index in [1.165, 1.54) is 4.90 Å². The third kappa shape index (κ3) is 4.14. The Morgan fingerprint density at radius 2 is 1.92 bits per heavy atom. The van der Waals surface area contributed by atoms with Gasteiger partial charge in [-0.3, -0.25) is 4.79 Å². The number of oxime groups is 1. The highest BCUT2D eigenvalue weighted by molar-refractivity contribution is 7.91. The minimum Gasteiger partial charge on any atom is -0.374 e. The van der Waals surface area contributed by atoms with Crippen molar-refractivity contribution in [1.82, 2.24) is 4.90 Å². The molecule has 3 aliphatic heterocycles. The molecule has 0 saturated carbocycles. The first kappa shape index (κ1) is 25.0. The first-order valence-electron chi connectivity index (χ1n) is 10.7. The monoisotopic (exact) mass is 546 g/mol. The van der Waals surface area contributed by atoms with Crippen molar-refractivity contribution in [3.8, 4) is 0 Å². The number of sulfone groups is 1. The van der Waals surface area contributed by atoms with E-state index in [1.54, 1.807) is 18.2 Å². The summed E-state index contributed by atoms with van der Waals surface area (Å²) in [6.45, 7) is 0.514. The Balaban J connectivity index is 1.37. The zero-order chi connectivity index (χ0) is 26.1. The lowest BCUT2D eigenvalue weighted by Crippen LogP contribution is -2.62. The molecule has 3 aliphatic rings. The lowest BCUT2D eigenvalue weighted by atomic mass is 9.83. The summed E-state index contributed by atoms with van der Waals surface area (Å²) in [4.78, 5) is 18.5. The molecule has 0 aliphatic carbocycles. The van der Waals surface area contributed by atoms with Crippen LogP contribution in [0.5, 0.6) is 0 Å². The fraction of sp³-hybridized carbons (Fsp3) is 0.391. The topological polar surface area (TPSA) is 85.3 Å². The Morgan fingerprint density at radius 1 is 1.19 bits per heavy atom. The van der Waals surface area contributed by atoms with Crippen LogP contribution in [0.4, 0.5) is 17.6 Å². The Labute approximate surface area is 208 Å². The van der Waals surface area contributed by atoms with Crippen LogP contribution in [0.3, 0.4) is 0 Å². The second-order valence-corrected chi connectivity index (χ2v) is 11.8. The van der Waals surface area contributed by atoms with Crippen molar-refractivity contribution in [1.29, 1.82) is 0 Å². The highest BCUT2D eigenvalue weighted by Gasteiger charge is 2.62. The van der Waals surface area contributed by atoms with E-state index in [9.17, 15) is 30.8 Å². The smallest absolute Gasteiger partial charge is 0.374 e. The Bertz CT molecular complexity index is 1390. The van der Waals surface area contributed by atoms with Gasteiger partial charge < -0.3 is 14.5 Å². The van der Waals surface area contributed by atoms with Gasteiger partial charge in [-0.05, 0) is 41.0 Å². The van der Waals surface area contributed by atoms with Crippen LogP contribution in [-0.2, 0) is 42.0 Å². The molecule has 7 nitrogen and oxygen atoms in total. The van der Waals surface area contributed by atoms with Gasteiger partial charge in [0.05, 0.1) is 25.4 Å². The van der Waals surface area contributed by atoms with Gasteiger partial charge in [-0.25, -0.2) is 12.8 Å². The summed E-state index contributed by atoms with van der Waals surface area (Å²) in [5, 5.41) is 3.51. The van der Waals surface area contributed by atoms with Crippen molar-refractivity contribution in [2.24, 2.45) is 5.16 Å². The lowest BCUT2D eigenvalue weighted by Gasteiger charge is -2.47. The van der Waals surface area contributed by atoms with Crippen LogP contribution in [0.25, 0.3) is 0 Å². The second kappa shape index (κ2) is 8.15. The number of rotatable bonds is 4. The van der Waals surface area contributed by atoms with Gasteiger partial charge >= 0.3 is 6.18 Å². The normalized spacial score (nSPS) is 22.7. The highest BCUT2D eigenvalue weighted by atomic mass is 35.5. The van der Waals surface area contributed by atoms with E-state index < -0.39 is 56.7 Å². The number of ether oxygens (including phenoxy) is 1. The number of amides is 1. The minimum atomic E-state index is -4.91. The summed E-state index contributed by atoms with van der Waals surface area (Å²) in [7, 11) is -3.47. The fourth-order valence-electron chi connectivity index (χ4n) is 4.80. The maximum absolute atomic E-state index is 14.2. The first-order chi connectivity index (χ1) is 16.7. The second-order valence-electron chi connectivity index (χ2n) is 9.26. The number of fused-ring (bicyclic) bond motifs is 2. The van der Waals surface area contributed by atoms with Crippen LogP contribution in [0.15, 0.2) is 41.6 Å². The van der Waals surface area contributed by atoms with Crippen LogP contribution in [0, 0.1) is 5.82 Å². The molecule has 1 fully saturated rings. The number of hydrogen-bond donors (Lipinski definition) is 0. The summed E-state index contributed by atoms with van der Waals surface area (Å²) < 4.78 is 85.1. The number of likely N-dealkylation sites (tertiary alicyclic amines) is 1. The molecule has 1 amide bonds. The van der Waals surface area contributed by atoms with Gasteiger partial charge in [-0.1, -0.05) is 28.9 Å². The van der Waals surface area contributed by atoms with E-state index in [1.807, 2.05) is 0 Å². The van der Waals surface area contributed by atoms with Crippen LogP contribution in [0.1, 0.15) is 28.7 Å². The van der Waals surface area contributed by atoms with Crippen molar-refractivity contribution in [2.75, 3.05) is 25.1 Å². The SMILES string of the molecule is CS(=O)(=O)CC(=O)N1CC2(C1)OCc1cc(C3=NOC(c4cc(F)cc(Cl)c4)(C(F)(F)F)C3)ccc12. The van der Waals surface area contributed by atoms with Gasteiger partial charge in [0.25, 0.3) is 5.60 Å². The Kier molecular flexibility index (Phi) is 5.66. The predicted molar refractivity (Wildman–Crippen MR) is 121 cm³/mol. The fourth-order valence-corrected chi connectivity index (χ4v) is 5.65. The van der Waals surface area contributed by atoms with E-state index in [2.05, 4.69) is 5.16 Å². The average Bonchev–Trinajstić information content (AvgIpc) is 3.33. The summed E-state index contributed by atoms with van der Waals surface area (Å²) >= 11 is 5.80. The molecule has 36 heavy (non-hydrogen) atoms. The van der Waals surface area contributed by atoms with Crippen molar-refractivity contribution in [2.45, 2.75) is 30.4 Å². The molecule has 0 radical (unpaired) electrons. The molecule has 1 atom stereocenters. The Hall–Kier alpha value is -2.70. The third-order valence-corrected chi connectivity index (χ3v) is 7.57. The summed E-state index contributed by atoms with van der Waals surface area (Å²) in [6.07, 6.45) is -4.61. The quantitative estimate of drug-likeness (QED) is 0.546. The van der Waals surface area contributed by atoms with Crippen molar-refractivity contribution < 1.29 is 40.3 Å². The molecule has 1 unspecified atom stereocenters. The maximum atomic E-state index is 14.2. The summed E-state index contributed by atoms with van der Waals surface area (Å²) in [5.74, 6) is -2.04. The predicted octanol–water partition coefficient (Wildman–Crippen LogP) is 3.67. The molecule has 2 aromatic carbocycles. The van der Waals surface area contributed by atoms with Crippen LogP contribution >= 0.6 is 11.6 Å². The molecule has 13 heteroatoms. The van der Waals surface area contributed by atoms with Crippen molar-refractivity contribution in [3.05, 3.63) is 69.5 Å². The van der Waals surface area contributed by atoms with E-state index in [4.69, 9.17) is 21.2 Å². The minimum absolute atomic E-state index is 0.0232. The molecular weight excluding hydrogens is 528 g/mol. The van der Waals surface area contributed by atoms with Gasteiger partial charge in [-0.15, -0.1) is 0 Å². The summed E-state index contributed by atoms with van der Waals surface area (Å²) in [5.41, 5.74) is -2.28. The number of carbonyl (C=O) groups excluding carboxylic acids is 1. The van der Waals surface area contributed by atoms with Gasteiger partial charge in [0.1, 0.15) is 17.2 Å². The largest absolute Gasteiger partial charge is 0.435 e. The number of benzene rings is 2. The molecule has 1 saturated heterocycles. The molecule has 1 spiro atoms. The van der Waals surface area contributed by atoms with Gasteiger partial charge in [0.2, 0.25) is 5.91 Å². The van der Waals surface area contributed by atoms with Crippen LogP contribution in [0.2, 0.25) is 5.02 Å². The first-order valence-corrected chi connectivity index (χ1v) is 13.2. The standard InChI is InChI=1S/C23H19ClF4N2O5S/c1-36(32,33)10-20(31)30-11-21(12-30)18-3-2-13(4-14(18)9-34-21)19-8-22(35-29-19,23(26,27)28)15-5-16(24)7-17(25)6-15/h2-7H,8-12H2,1H3.